The van der Waals surface area contributed by atoms with Gasteiger partial charge in [-0.3, -0.25) is 0 Å². The van der Waals surface area contributed by atoms with Crippen molar-refractivity contribution < 1.29 is 19.0 Å². The normalized spacial score (nSPS) is 26.2. The van der Waals surface area contributed by atoms with Crippen LogP contribution < -0.4 is 0 Å². The molecular weight excluding hydrogens is 225 g/mol. The molecule has 1 N–H and O–H groups in total. The van der Waals surface area contributed by atoms with E-state index in [-0.39, 0.29) is 13.1 Å². The summed E-state index contributed by atoms with van der Waals surface area (Å²) in [5.41, 5.74) is -1.72. The van der Waals surface area contributed by atoms with Gasteiger partial charge in [0.05, 0.1) is 12.1 Å². The van der Waals surface area contributed by atoms with Gasteiger partial charge in [0, 0.05) is 12.5 Å². The van der Waals surface area contributed by atoms with Crippen molar-refractivity contribution in [3.63, 3.8) is 0 Å². The van der Waals surface area contributed by atoms with E-state index in [1.165, 1.54) is 4.90 Å². The first-order chi connectivity index (χ1) is 7.50. The van der Waals surface area contributed by atoms with Gasteiger partial charge in [-0.2, -0.15) is 0 Å². The van der Waals surface area contributed by atoms with Crippen molar-refractivity contribution in [1.82, 2.24) is 4.90 Å². The lowest BCUT2D eigenvalue weighted by atomic mass is 9.89. The largest absolute Gasteiger partial charge is 0.444 e. The molecule has 5 heteroatoms. The van der Waals surface area contributed by atoms with Crippen molar-refractivity contribution in [2.45, 2.75) is 52.0 Å². The Bertz CT molecular complexity index is 293. The van der Waals surface area contributed by atoms with Crippen LogP contribution in [-0.4, -0.2) is 46.6 Å². The molecule has 1 rings (SSSR count). The third-order valence-corrected chi connectivity index (χ3v) is 2.81. The average Bonchev–Trinajstić information content (AvgIpc) is 2.42. The van der Waals surface area contributed by atoms with Crippen molar-refractivity contribution in [2.75, 3.05) is 13.1 Å². The van der Waals surface area contributed by atoms with Crippen LogP contribution >= 0.6 is 0 Å². The van der Waals surface area contributed by atoms with Gasteiger partial charge in [-0.05, 0) is 34.6 Å². The van der Waals surface area contributed by atoms with Crippen LogP contribution in [0, 0.1) is 5.92 Å². The third kappa shape index (κ3) is 3.84. The van der Waals surface area contributed by atoms with E-state index in [1.54, 1.807) is 34.6 Å². The maximum atomic E-state index is 13.7. The summed E-state index contributed by atoms with van der Waals surface area (Å²) in [5.74, 6) is -0.560. The van der Waals surface area contributed by atoms with E-state index in [2.05, 4.69) is 0 Å². The first-order valence-electron chi connectivity index (χ1n) is 5.85. The SMILES string of the molecule is CC(C)(C)OC(=O)N1CC(F)C(C(C)(C)O)C1. The minimum atomic E-state index is -1.21. The number of ether oxygens (including phenoxy) is 1. The molecule has 1 heterocycles. The van der Waals surface area contributed by atoms with Crippen LogP contribution in [0.2, 0.25) is 0 Å². The fourth-order valence-corrected chi connectivity index (χ4v) is 1.91. The maximum Gasteiger partial charge on any atom is 0.410 e. The highest BCUT2D eigenvalue weighted by Crippen LogP contribution is 2.30. The van der Waals surface area contributed by atoms with E-state index in [0.717, 1.165) is 0 Å². The first kappa shape index (κ1) is 14.2. The number of alkyl halides is 1. The number of carbonyl (C=O) groups excluding carboxylic acids is 1. The zero-order valence-corrected chi connectivity index (χ0v) is 11.2. The van der Waals surface area contributed by atoms with Gasteiger partial charge in [-0.15, -0.1) is 0 Å². The number of halogens is 1. The van der Waals surface area contributed by atoms with Gasteiger partial charge in [0.1, 0.15) is 11.8 Å². The van der Waals surface area contributed by atoms with Crippen LogP contribution in [0.15, 0.2) is 0 Å². The highest BCUT2D eigenvalue weighted by atomic mass is 19.1. The lowest BCUT2D eigenvalue weighted by molar-refractivity contribution is -0.00398. The Kier molecular flexibility index (Phi) is 3.72. The Morgan fingerprint density at radius 1 is 1.29 bits per heavy atom. The Hall–Kier alpha value is -0.840. The van der Waals surface area contributed by atoms with Crippen LogP contribution in [0.4, 0.5) is 9.18 Å². The van der Waals surface area contributed by atoms with E-state index >= 15 is 0 Å². The van der Waals surface area contributed by atoms with E-state index in [0.29, 0.717) is 0 Å². The van der Waals surface area contributed by atoms with Gasteiger partial charge in [0.25, 0.3) is 0 Å². The second-order valence-electron chi connectivity index (χ2n) is 6.16. The molecule has 0 aromatic carbocycles. The molecule has 1 fully saturated rings. The molecule has 100 valence electrons. The van der Waals surface area contributed by atoms with Crippen molar-refractivity contribution in [3.05, 3.63) is 0 Å². The molecule has 0 radical (unpaired) electrons. The molecule has 4 nitrogen and oxygen atoms in total. The summed E-state index contributed by atoms with van der Waals surface area (Å²) in [7, 11) is 0. The van der Waals surface area contributed by atoms with Crippen molar-refractivity contribution >= 4 is 6.09 Å². The summed E-state index contributed by atoms with van der Waals surface area (Å²) in [6.07, 6.45) is -1.73. The Balaban J connectivity index is 2.63. The maximum absolute atomic E-state index is 13.7. The van der Waals surface area contributed by atoms with Crippen LogP contribution in [0.1, 0.15) is 34.6 Å². The van der Waals surface area contributed by atoms with Gasteiger partial charge in [0.2, 0.25) is 0 Å². The van der Waals surface area contributed by atoms with Gasteiger partial charge in [-0.1, -0.05) is 0 Å². The molecule has 0 saturated carbocycles. The number of amides is 1. The summed E-state index contributed by atoms with van der Waals surface area (Å²) in [4.78, 5) is 13.1. The van der Waals surface area contributed by atoms with E-state index in [1.807, 2.05) is 0 Å². The molecule has 0 spiro atoms. The van der Waals surface area contributed by atoms with Gasteiger partial charge in [-0.25, -0.2) is 9.18 Å². The zero-order chi connectivity index (χ0) is 13.4. The molecule has 1 amide bonds. The second kappa shape index (κ2) is 4.44. The molecule has 17 heavy (non-hydrogen) atoms. The number of hydrogen-bond donors (Lipinski definition) is 1. The van der Waals surface area contributed by atoms with Crippen molar-refractivity contribution in [3.8, 4) is 0 Å². The molecule has 1 aliphatic heterocycles. The molecule has 0 bridgehead atoms. The second-order valence-corrected chi connectivity index (χ2v) is 6.16. The highest BCUT2D eigenvalue weighted by Gasteiger charge is 2.44. The standard InChI is InChI=1S/C12H22FNO3/c1-11(2,3)17-10(15)14-6-8(9(13)7-14)12(4,5)16/h8-9,16H,6-7H2,1-5H3. The van der Waals surface area contributed by atoms with Gasteiger partial charge >= 0.3 is 6.09 Å². The Morgan fingerprint density at radius 2 is 1.82 bits per heavy atom. The minimum Gasteiger partial charge on any atom is -0.444 e. The number of nitrogens with zero attached hydrogens (tertiary/aromatic N) is 1. The smallest absolute Gasteiger partial charge is 0.410 e. The number of aliphatic hydroxyl groups is 1. The highest BCUT2D eigenvalue weighted by molar-refractivity contribution is 5.68. The third-order valence-electron chi connectivity index (χ3n) is 2.81. The van der Waals surface area contributed by atoms with Crippen LogP contribution in [-0.2, 0) is 4.74 Å². The summed E-state index contributed by atoms with van der Waals surface area (Å²) >= 11 is 0. The van der Waals surface area contributed by atoms with E-state index in [9.17, 15) is 14.3 Å². The van der Waals surface area contributed by atoms with Crippen molar-refractivity contribution in [1.29, 1.82) is 0 Å². The van der Waals surface area contributed by atoms with E-state index in [4.69, 9.17) is 4.74 Å². The minimum absolute atomic E-state index is 0.0103. The Labute approximate surface area is 102 Å². The predicted octanol–water partition coefficient (Wildman–Crippen LogP) is 1.96. The summed E-state index contributed by atoms with van der Waals surface area (Å²) in [5, 5.41) is 9.80. The van der Waals surface area contributed by atoms with Crippen LogP contribution in [0.5, 0.6) is 0 Å². The number of rotatable bonds is 1. The molecule has 1 aliphatic rings. The Morgan fingerprint density at radius 3 is 2.18 bits per heavy atom. The van der Waals surface area contributed by atoms with Crippen LogP contribution in [0.3, 0.4) is 0 Å². The van der Waals surface area contributed by atoms with E-state index < -0.39 is 29.4 Å². The fraction of sp³-hybridized carbons (Fsp3) is 0.917. The number of carbonyl (C=O) groups is 1. The molecule has 1 saturated heterocycles. The van der Waals surface area contributed by atoms with Gasteiger partial charge in [0.15, 0.2) is 0 Å². The van der Waals surface area contributed by atoms with Crippen molar-refractivity contribution in [2.24, 2.45) is 5.92 Å². The topological polar surface area (TPSA) is 49.8 Å². The lowest BCUT2D eigenvalue weighted by Gasteiger charge is -2.27. The molecule has 2 unspecified atom stereocenters. The quantitative estimate of drug-likeness (QED) is 0.770. The first-order valence-corrected chi connectivity index (χ1v) is 5.85. The lowest BCUT2D eigenvalue weighted by Crippen LogP contribution is -2.39. The predicted molar refractivity (Wildman–Crippen MR) is 62.5 cm³/mol. The number of hydrogen-bond acceptors (Lipinski definition) is 3. The summed E-state index contributed by atoms with van der Waals surface area (Å²) in [6.45, 7) is 8.60. The summed E-state index contributed by atoms with van der Waals surface area (Å²) in [6, 6.07) is 0. The average molecular weight is 247 g/mol. The molecule has 0 aliphatic carbocycles. The molecule has 0 aromatic rings. The fourth-order valence-electron chi connectivity index (χ4n) is 1.91. The zero-order valence-electron chi connectivity index (χ0n) is 11.2. The molecular formula is C12H22FNO3. The molecule has 2 atom stereocenters. The summed E-state index contributed by atoms with van der Waals surface area (Å²) < 4.78 is 18.9. The molecule has 0 aromatic heterocycles. The van der Waals surface area contributed by atoms with Gasteiger partial charge < -0.3 is 14.7 Å². The monoisotopic (exact) mass is 247 g/mol. The number of likely N-dealkylation sites (tertiary alicyclic amines) is 1. The van der Waals surface area contributed by atoms with Crippen LogP contribution in [0.25, 0.3) is 0 Å².